The van der Waals surface area contributed by atoms with E-state index in [9.17, 15) is 81.4 Å². The molecule has 16 N–H and O–H groups in total. The number of hydrogen-bond donors (Lipinski definition) is 16. The monoisotopic (exact) mass is 853 g/mol. The van der Waals surface area contributed by atoms with Crippen LogP contribution in [0.2, 0.25) is 0 Å². The minimum absolute atomic E-state index is 0.807. The number of carbonyl (C=O) groups is 1. The van der Waals surface area contributed by atoms with Crippen molar-refractivity contribution in [3.05, 3.63) is 0 Å². The van der Waals surface area contributed by atoms with Crippen LogP contribution in [0.4, 0.5) is 0 Å². The minimum atomic E-state index is -2.09. The lowest BCUT2D eigenvalue weighted by atomic mass is 9.94. The highest BCUT2D eigenvalue weighted by molar-refractivity contribution is 5.73. The van der Waals surface area contributed by atoms with Crippen LogP contribution < -0.4 is 5.32 Å². The van der Waals surface area contributed by atoms with E-state index in [1.807, 2.05) is 0 Å². The molecule has 0 aromatic heterocycles. The molecule has 5 aliphatic rings. The van der Waals surface area contributed by atoms with Gasteiger partial charge in [0.25, 0.3) is 0 Å². The van der Waals surface area contributed by atoms with Gasteiger partial charge in [0.2, 0.25) is 5.91 Å². The van der Waals surface area contributed by atoms with Crippen LogP contribution >= 0.6 is 0 Å². The first-order valence-electron chi connectivity index (χ1n) is 18.5. The van der Waals surface area contributed by atoms with Gasteiger partial charge in [0.15, 0.2) is 31.5 Å². The third kappa shape index (κ3) is 9.75. The van der Waals surface area contributed by atoms with Crippen molar-refractivity contribution in [2.24, 2.45) is 0 Å². The summed E-state index contributed by atoms with van der Waals surface area (Å²) in [5, 5.41) is 159. The number of ether oxygens (including phenoxy) is 9. The van der Waals surface area contributed by atoms with Gasteiger partial charge in [0.1, 0.15) is 116 Å². The molecular formula is C32H55NO25. The van der Waals surface area contributed by atoms with Crippen LogP contribution in [0.25, 0.3) is 0 Å². The van der Waals surface area contributed by atoms with E-state index in [-0.39, 0.29) is 0 Å². The van der Waals surface area contributed by atoms with Gasteiger partial charge in [-0.1, -0.05) is 0 Å². The van der Waals surface area contributed by atoms with Crippen LogP contribution in [0.1, 0.15) is 13.8 Å². The van der Waals surface area contributed by atoms with Crippen molar-refractivity contribution in [3.8, 4) is 0 Å². The minimum Gasteiger partial charge on any atom is -0.394 e. The van der Waals surface area contributed by atoms with E-state index in [1.165, 1.54) is 6.92 Å². The molecule has 0 bridgehead atoms. The van der Waals surface area contributed by atoms with Crippen LogP contribution in [-0.2, 0) is 47.4 Å². The lowest BCUT2D eigenvalue weighted by Crippen LogP contribution is -2.70. The number of nitrogens with one attached hydrogen (secondary N) is 1. The molecule has 338 valence electrons. The normalized spacial score (nSPS) is 51.6. The van der Waals surface area contributed by atoms with Crippen molar-refractivity contribution in [1.29, 1.82) is 0 Å². The summed E-state index contributed by atoms with van der Waals surface area (Å²) in [6, 6.07) is -1.69. The largest absolute Gasteiger partial charge is 0.394 e. The Morgan fingerprint density at radius 1 is 0.448 bits per heavy atom. The molecule has 26 heteroatoms. The third-order valence-electron chi connectivity index (χ3n) is 10.7. The average molecular weight is 854 g/mol. The Balaban J connectivity index is 1.40. The van der Waals surface area contributed by atoms with Gasteiger partial charge in [0, 0.05) is 6.92 Å². The summed E-state index contributed by atoms with van der Waals surface area (Å²) in [5.41, 5.74) is 0. The van der Waals surface area contributed by atoms with Gasteiger partial charge in [-0.15, -0.1) is 0 Å². The van der Waals surface area contributed by atoms with E-state index < -0.39 is 186 Å². The molecule has 5 fully saturated rings. The molecule has 0 spiro atoms. The second-order valence-electron chi connectivity index (χ2n) is 14.7. The smallest absolute Gasteiger partial charge is 0.217 e. The first kappa shape index (κ1) is 47.6. The Kier molecular flexibility index (Phi) is 16.5. The summed E-state index contributed by atoms with van der Waals surface area (Å²) in [6.45, 7) is -1.31. The maximum atomic E-state index is 12.6. The number of aliphatic hydroxyl groups is 15. The highest BCUT2D eigenvalue weighted by atomic mass is 16.8. The molecule has 25 atom stereocenters. The van der Waals surface area contributed by atoms with Crippen molar-refractivity contribution in [2.75, 3.05) is 26.4 Å². The molecule has 0 saturated carbocycles. The molecule has 5 heterocycles. The molecule has 1 unspecified atom stereocenters. The molecule has 0 radical (unpaired) electrons. The molecule has 5 aliphatic heterocycles. The molecule has 5 saturated heterocycles. The second kappa shape index (κ2) is 20.1. The average Bonchev–Trinajstić information content (AvgIpc) is 3.19. The summed E-state index contributed by atoms with van der Waals surface area (Å²) in [4.78, 5) is 12.6. The maximum absolute atomic E-state index is 12.6. The fraction of sp³-hybridized carbons (Fsp3) is 0.969. The van der Waals surface area contributed by atoms with Gasteiger partial charge < -0.3 is 125 Å². The standard InChI is InChI=1S/C32H55NO25/c1-7-14(39)17(42)22(47)30(50-7)58-27-18(43)15(40)9(3-34)53-32(27)57-26-13(33-8(2)38)29(52-10(4-35)16(26)41)55-25-12(6-37)54-31(23(48)20(25)45)56-24-11(5-36)51-28(49)21(46)19(24)44/h7,9-32,34-37,39-49H,3-6H2,1-2H3,(H,33,38)/t7-,9+,10+,11+,12+,13+,14+,15-,16+,17+,18-,19+,20+,21+,22-,23+,24+,25-,26+,27+,28?,29-,30-,31-,32-/m0/s1. The van der Waals surface area contributed by atoms with Gasteiger partial charge in [-0.05, 0) is 6.92 Å². The fourth-order valence-electron chi connectivity index (χ4n) is 7.36. The highest BCUT2D eigenvalue weighted by Gasteiger charge is 2.57. The Labute approximate surface area is 329 Å². The predicted molar refractivity (Wildman–Crippen MR) is 177 cm³/mol. The van der Waals surface area contributed by atoms with Crippen LogP contribution in [0, 0.1) is 0 Å². The Bertz CT molecular complexity index is 1300. The fourth-order valence-corrected chi connectivity index (χ4v) is 7.36. The number of hydrogen-bond acceptors (Lipinski definition) is 25. The quantitative estimate of drug-likeness (QED) is 0.0818. The molecule has 5 rings (SSSR count). The highest BCUT2D eigenvalue weighted by Crippen LogP contribution is 2.36. The number of rotatable bonds is 13. The van der Waals surface area contributed by atoms with Gasteiger partial charge in [-0.3, -0.25) is 4.79 Å². The molecule has 0 aromatic carbocycles. The van der Waals surface area contributed by atoms with Crippen molar-refractivity contribution >= 4 is 5.91 Å². The molecule has 1 amide bonds. The van der Waals surface area contributed by atoms with Crippen molar-refractivity contribution in [3.63, 3.8) is 0 Å². The summed E-state index contributed by atoms with van der Waals surface area (Å²) in [6.07, 6.45) is -43.1. The maximum Gasteiger partial charge on any atom is 0.217 e. The number of aliphatic hydroxyl groups excluding tert-OH is 15. The van der Waals surface area contributed by atoms with Crippen molar-refractivity contribution in [1.82, 2.24) is 5.32 Å². The van der Waals surface area contributed by atoms with Gasteiger partial charge >= 0.3 is 0 Å². The summed E-state index contributed by atoms with van der Waals surface area (Å²) in [7, 11) is 0. The SMILES string of the molecule is CC(=O)N[C@H]1[C@H](O[C@@H]2[C@H](O)[C@@H](O)[C@H](O[C@H]3[C@H](O)[C@@H](O)C(O)O[C@@H]3CO)O[C@@H]2CO)O[C@H](CO)[C@@H](O)[C@@H]1O[C@@H]1O[C@H](CO)[C@H](O)[C@H](O)[C@H]1O[C@@H]1O[C@@H](C)[C@@H](O)[C@@H](O)[C@@H]1O. The predicted octanol–water partition coefficient (Wildman–Crippen LogP) is -10.8. The topological polar surface area (TPSA) is 416 Å². The number of carbonyl (C=O) groups excluding carboxylic acids is 1. The second-order valence-corrected chi connectivity index (χ2v) is 14.7. The van der Waals surface area contributed by atoms with Crippen LogP contribution in [0.15, 0.2) is 0 Å². The lowest BCUT2D eigenvalue weighted by molar-refractivity contribution is -0.389. The van der Waals surface area contributed by atoms with E-state index >= 15 is 0 Å². The zero-order valence-electron chi connectivity index (χ0n) is 31.1. The Morgan fingerprint density at radius 2 is 0.879 bits per heavy atom. The van der Waals surface area contributed by atoms with Crippen molar-refractivity contribution in [2.45, 2.75) is 167 Å². The van der Waals surface area contributed by atoms with E-state index in [0.29, 0.717) is 0 Å². The first-order chi connectivity index (χ1) is 27.4. The summed E-state index contributed by atoms with van der Waals surface area (Å²) >= 11 is 0. The first-order valence-corrected chi connectivity index (χ1v) is 18.5. The zero-order valence-corrected chi connectivity index (χ0v) is 31.1. The third-order valence-corrected chi connectivity index (χ3v) is 10.7. The van der Waals surface area contributed by atoms with E-state index in [0.717, 1.165) is 6.92 Å². The van der Waals surface area contributed by atoms with Crippen LogP contribution in [-0.4, -0.2) is 262 Å². The van der Waals surface area contributed by atoms with Crippen LogP contribution in [0.3, 0.4) is 0 Å². The van der Waals surface area contributed by atoms with Gasteiger partial charge in [-0.2, -0.15) is 0 Å². The van der Waals surface area contributed by atoms with Crippen LogP contribution in [0.5, 0.6) is 0 Å². The van der Waals surface area contributed by atoms with E-state index in [4.69, 9.17) is 42.6 Å². The number of amides is 1. The van der Waals surface area contributed by atoms with E-state index in [1.54, 1.807) is 0 Å². The lowest BCUT2D eigenvalue weighted by Gasteiger charge is -2.50. The Morgan fingerprint density at radius 3 is 1.47 bits per heavy atom. The van der Waals surface area contributed by atoms with Gasteiger partial charge in [0.05, 0.1) is 32.5 Å². The molecule has 0 aromatic rings. The van der Waals surface area contributed by atoms with E-state index in [2.05, 4.69) is 5.32 Å². The summed E-state index contributed by atoms with van der Waals surface area (Å²) < 4.78 is 50.8. The molecular weight excluding hydrogens is 798 g/mol. The van der Waals surface area contributed by atoms with Gasteiger partial charge in [-0.25, -0.2) is 0 Å². The zero-order chi connectivity index (χ0) is 42.9. The molecule has 58 heavy (non-hydrogen) atoms. The molecule has 0 aliphatic carbocycles. The van der Waals surface area contributed by atoms with Crippen molar-refractivity contribution < 1.29 is 124 Å². The molecule has 26 nitrogen and oxygen atoms in total. The summed E-state index contributed by atoms with van der Waals surface area (Å²) in [5.74, 6) is -0.807. The Hall–Kier alpha value is -1.49.